The van der Waals surface area contributed by atoms with Crippen molar-refractivity contribution in [2.24, 2.45) is 28.1 Å². The summed E-state index contributed by atoms with van der Waals surface area (Å²) in [5, 5.41) is 45.8. The number of esters is 2. The number of aliphatic hydroxyl groups excluding tert-OH is 2. The number of aliphatic hydroxyl groups is 2. The molecule has 2 aliphatic heterocycles. The highest BCUT2D eigenvalue weighted by Gasteiger charge is 2.59. The summed E-state index contributed by atoms with van der Waals surface area (Å²) in [5.41, 5.74) is 9.44. The molecule has 6 N–H and O–H groups in total. The van der Waals surface area contributed by atoms with Gasteiger partial charge < -0.3 is 45.2 Å². The van der Waals surface area contributed by atoms with E-state index in [1.807, 2.05) is 12.1 Å². The topological polar surface area (TPSA) is 190 Å². The number of nitrogens with zero attached hydrogens (tertiary/aromatic N) is 1. The van der Waals surface area contributed by atoms with E-state index in [4.69, 9.17) is 24.8 Å². The van der Waals surface area contributed by atoms with E-state index in [0.29, 0.717) is 52.0 Å². The highest BCUT2D eigenvalue weighted by atomic mass is 16.7. The molecule has 3 aromatic carbocycles. The lowest BCUT2D eigenvalue weighted by molar-refractivity contribution is -0.143. The van der Waals surface area contributed by atoms with Gasteiger partial charge in [-0.05, 0) is 103 Å². The van der Waals surface area contributed by atoms with Gasteiger partial charge in [0.05, 0.1) is 23.5 Å². The van der Waals surface area contributed by atoms with Crippen molar-refractivity contribution >= 4 is 17.7 Å². The van der Waals surface area contributed by atoms with Crippen molar-refractivity contribution < 1.29 is 49.1 Å². The molecular formula is C41H40N2O10. The van der Waals surface area contributed by atoms with Crippen LogP contribution in [0, 0.1) is 17.3 Å². The Morgan fingerprint density at radius 3 is 2.47 bits per heavy atom. The van der Waals surface area contributed by atoms with Crippen LogP contribution in [0.1, 0.15) is 67.2 Å². The lowest BCUT2D eigenvalue weighted by Crippen LogP contribution is -2.44. The number of ether oxygens (including phenoxy) is 3. The Kier molecular flexibility index (Phi) is 7.74. The Hall–Kier alpha value is -5.17. The fourth-order valence-electron chi connectivity index (χ4n) is 10.2. The number of hydrogen-bond acceptors (Lipinski definition) is 12. The van der Waals surface area contributed by atoms with Crippen LogP contribution < -0.4 is 15.2 Å². The zero-order chi connectivity index (χ0) is 36.8. The quantitative estimate of drug-likeness (QED) is 0.139. The van der Waals surface area contributed by atoms with Crippen LogP contribution in [0.3, 0.4) is 0 Å². The Bertz CT molecular complexity index is 2120. The van der Waals surface area contributed by atoms with E-state index in [1.54, 1.807) is 24.3 Å². The molecule has 53 heavy (non-hydrogen) atoms. The number of phenolic OH excluding ortho intramolecular Hbond substituents is 2. The monoisotopic (exact) mass is 720 g/mol. The van der Waals surface area contributed by atoms with Crippen LogP contribution in [0.5, 0.6) is 28.7 Å². The van der Waals surface area contributed by atoms with Gasteiger partial charge in [0.1, 0.15) is 28.7 Å². The molecule has 9 rings (SSSR count). The van der Waals surface area contributed by atoms with E-state index in [0.717, 1.165) is 31.2 Å². The molecule has 0 unspecified atom stereocenters. The highest BCUT2D eigenvalue weighted by Crippen LogP contribution is 2.62. The summed E-state index contributed by atoms with van der Waals surface area (Å²) < 4.78 is 17.9. The van der Waals surface area contributed by atoms with Crippen LogP contribution in [0.15, 0.2) is 82.5 Å². The number of phenols is 2. The molecule has 0 amide bonds. The number of oxime groups is 1. The lowest BCUT2D eigenvalue weighted by atomic mass is 9.55. The van der Waals surface area contributed by atoms with Crippen LogP contribution in [0.2, 0.25) is 0 Å². The first kappa shape index (κ1) is 33.7. The minimum atomic E-state index is -1.43. The van der Waals surface area contributed by atoms with E-state index < -0.39 is 36.4 Å². The number of fused-ring (bicyclic) bond motifs is 11. The van der Waals surface area contributed by atoms with Crippen molar-refractivity contribution in [2.75, 3.05) is 13.2 Å². The predicted octanol–water partition coefficient (Wildman–Crippen LogP) is 4.76. The third-order valence-electron chi connectivity index (χ3n) is 12.6. The fourth-order valence-corrected chi connectivity index (χ4v) is 10.2. The van der Waals surface area contributed by atoms with Crippen LogP contribution >= 0.6 is 0 Å². The molecular weight excluding hydrogens is 680 g/mol. The van der Waals surface area contributed by atoms with Gasteiger partial charge in [-0.25, -0.2) is 9.59 Å². The molecule has 2 heterocycles. The van der Waals surface area contributed by atoms with Crippen LogP contribution in [0.4, 0.5) is 0 Å². The molecule has 274 valence electrons. The predicted molar refractivity (Wildman–Crippen MR) is 189 cm³/mol. The molecule has 6 atom stereocenters. The maximum atomic E-state index is 13.7. The minimum absolute atomic E-state index is 0.0436. The van der Waals surface area contributed by atoms with Gasteiger partial charge in [-0.15, -0.1) is 0 Å². The molecule has 3 aromatic rings. The molecule has 1 saturated heterocycles. The normalized spacial score (nSPS) is 29.5. The molecule has 12 nitrogen and oxygen atoms in total. The number of carbonyl (C=O) groups excluding carboxylic acids is 2. The van der Waals surface area contributed by atoms with E-state index in [2.05, 4.69) is 12.1 Å². The molecule has 12 heteroatoms. The fraction of sp³-hybridized carbons (Fsp3) is 0.390. The van der Waals surface area contributed by atoms with Crippen molar-refractivity contribution in [3.05, 3.63) is 99.6 Å². The zero-order valence-corrected chi connectivity index (χ0v) is 29.1. The maximum absolute atomic E-state index is 13.7. The Morgan fingerprint density at radius 2 is 1.75 bits per heavy atom. The summed E-state index contributed by atoms with van der Waals surface area (Å²) in [6.07, 6.45) is 4.91. The number of nitrogens with two attached hydrogens (primary N) is 1. The van der Waals surface area contributed by atoms with Crippen molar-refractivity contribution in [1.29, 1.82) is 0 Å². The Balaban J connectivity index is 0.912. The second kappa shape index (κ2) is 12.2. The molecule has 3 fully saturated rings. The molecule has 2 saturated carbocycles. The van der Waals surface area contributed by atoms with Crippen LogP contribution in [-0.4, -0.2) is 63.4 Å². The third kappa shape index (κ3) is 5.03. The first-order valence-electron chi connectivity index (χ1n) is 18.1. The largest absolute Gasteiger partial charge is 0.508 e. The van der Waals surface area contributed by atoms with Gasteiger partial charge in [-0.1, -0.05) is 24.2 Å². The average molecular weight is 721 g/mol. The van der Waals surface area contributed by atoms with Crippen LogP contribution in [-0.2, 0) is 31.2 Å². The Labute approximate surface area is 305 Å². The number of aryl methyl sites for hydroxylation is 1. The molecule has 4 aliphatic carbocycles. The first-order chi connectivity index (χ1) is 25.5. The number of benzene rings is 3. The summed E-state index contributed by atoms with van der Waals surface area (Å²) in [7, 11) is 0. The van der Waals surface area contributed by atoms with E-state index >= 15 is 0 Å². The summed E-state index contributed by atoms with van der Waals surface area (Å²) in [4.78, 5) is 32.1. The molecule has 1 spiro atoms. The van der Waals surface area contributed by atoms with Gasteiger partial charge in [-0.3, -0.25) is 0 Å². The second-order valence-electron chi connectivity index (χ2n) is 15.3. The van der Waals surface area contributed by atoms with E-state index in [1.165, 1.54) is 29.8 Å². The summed E-state index contributed by atoms with van der Waals surface area (Å²) in [5.74, 6) is 0.616. The van der Waals surface area contributed by atoms with Crippen molar-refractivity contribution in [2.45, 2.75) is 69.2 Å². The minimum Gasteiger partial charge on any atom is -0.508 e. The van der Waals surface area contributed by atoms with Gasteiger partial charge in [0, 0.05) is 47.4 Å². The molecule has 0 bridgehead atoms. The summed E-state index contributed by atoms with van der Waals surface area (Å²) >= 11 is 0. The average Bonchev–Trinajstić information content (AvgIpc) is 3.56. The van der Waals surface area contributed by atoms with Gasteiger partial charge in [0.25, 0.3) is 0 Å². The third-order valence-corrected chi connectivity index (χ3v) is 12.6. The smallest absolute Gasteiger partial charge is 0.352 e. The highest BCUT2D eigenvalue weighted by molar-refractivity contribution is 6.13. The summed E-state index contributed by atoms with van der Waals surface area (Å²) in [6.45, 7) is 1.59. The van der Waals surface area contributed by atoms with Gasteiger partial charge in [0.15, 0.2) is 5.60 Å². The molecule has 0 aromatic heterocycles. The van der Waals surface area contributed by atoms with Crippen molar-refractivity contribution in [3.63, 3.8) is 0 Å². The number of hydrogen-bond donors (Lipinski definition) is 5. The SMILES string of the molecule is C[C@]12CC[C@@H]3c4ccc(OC(=O)CON=C5CC=C6C(=C5CN)C(=O)OC65c6ccc(O)cc6Oc6cc(O)ccc65)cc4CC[C@H]3[C@@H]1C[C@@H](O)[C@@H]2O. The van der Waals surface area contributed by atoms with Crippen LogP contribution in [0.25, 0.3) is 0 Å². The van der Waals surface area contributed by atoms with E-state index in [-0.39, 0.29) is 52.9 Å². The second-order valence-corrected chi connectivity index (χ2v) is 15.3. The number of carbonyl (C=O) groups is 2. The number of aromatic hydroxyl groups is 2. The molecule has 0 radical (unpaired) electrons. The standard InChI is InChI=1S/C41H40N2O10/c1-40-13-12-25-24-7-5-23(14-20(24)2-6-26(25)31(40)17-33(46)38(40)48)51-36(47)19-50-43-32-11-10-30-37(27(32)18-42)39(49)53-41(30)28-8-3-21(44)15-34(28)52-35-16-22(45)4-9-29(35)41/h3-5,7-10,14-16,25-26,31,33,38,44-46,48H,2,6,11-13,17-19,42H2,1H3/t25-,26-,31+,33-,38+,40+/m1/s1. The van der Waals surface area contributed by atoms with E-state index in [9.17, 15) is 30.0 Å². The van der Waals surface area contributed by atoms with Gasteiger partial charge in [0.2, 0.25) is 6.61 Å². The van der Waals surface area contributed by atoms with Gasteiger partial charge in [-0.2, -0.15) is 0 Å². The number of allylic oxidation sites excluding steroid dienone is 1. The number of rotatable bonds is 5. The molecule has 6 aliphatic rings. The summed E-state index contributed by atoms with van der Waals surface area (Å²) in [6, 6.07) is 14.8. The first-order valence-corrected chi connectivity index (χ1v) is 18.1. The zero-order valence-electron chi connectivity index (χ0n) is 29.1. The Morgan fingerprint density at radius 1 is 1.02 bits per heavy atom. The lowest BCUT2D eigenvalue weighted by Gasteiger charge is -2.49. The van der Waals surface area contributed by atoms with Gasteiger partial charge >= 0.3 is 11.9 Å². The van der Waals surface area contributed by atoms with Crippen molar-refractivity contribution in [1.82, 2.24) is 0 Å². The van der Waals surface area contributed by atoms with Crippen molar-refractivity contribution in [3.8, 4) is 28.7 Å². The maximum Gasteiger partial charge on any atom is 0.352 e.